The van der Waals surface area contributed by atoms with Gasteiger partial charge in [-0.3, -0.25) is 0 Å². The van der Waals surface area contributed by atoms with Crippen molar-refractivity contribution in [1.29, 1.82) is 0 Å². The Kier molecular flexibility index (Phi) is 1.77. The molecule has 0 saturated carbocycles. The maximum atomic E-state index is 5.73. The fourth-order valence-electron chi connectivity index (χ4n) is 1.10. The molecule has 0 bridgehead atoms. The summed E-state index contributed by atoms with van der Waals surface area (Å²) < 4.78 is 1.54. The van der Waals surface area contributed by atoms with Crippen LogP contribution in [0.25, 0.3) is 5.65 Å². The second kappa shape index (κ2) is 2.81. The van der Waals surface area contributed by atoms with E-state index >= 15 is 0 Å². The Labute approximate surface area is 80.4 Å². The van der Waals surface area contributed by atoms with Crippen LogP contribution in [-0.2, 0) is 0 Å². The maximum Gasteiger partial charge on any atom is 0.172 e. The molecule has 3 N–H and O–H groups in total. The summed E-state index contributed by atoms with van der Waals surface area (Å²) >= 11 is 4.21. The first-order valence-corrected chi connectivity index (χ1v) is 4.18. The van der Waals surface area contributed by atoms with Gasteiger partial charge in [-0.25, -0.2) is 4.98 Å². The van der Waals surface area contributed by atoms with Crippen molar-refractivity contribution in [1.82, 2.24) is 14.6 Å². The lowest BCUT2D eigenvalue weighted by Crippen LogP contribution is -2.02. The molecule has 13 heavy (non-hydrogen) atoms. The van der Waals surface area contributed by atoms with Gasteiger partial charge in [-0.05, 0) is 0 Å². The van der Waals surface area contributed by atoms with Gasteiger partial charge < -0.3 is 11.1 Å². The van der Waals surface area contributed by atoms with E-state index in [1.165, 1.54) is 0 Å². The topological polar surface area (TPSA) is 68.2 Å². The number of anilines is 2. The third-order valence-electron chi connectivity index (χ3n) is 1.74. The summed E-state index contributed by atoms with van der Waals surface area (Å²) in [6.07, 6.45) is 1.61. The molecule has 0 aliphatic rings. The number of nitrogens with two attached hydrogens (primary N) is 1. The van der Waals surface area contributed by atoms with Crippen molar-refractivity contribution in [2.75, 3.05) is 18.1 Å². The van der Waals surface area contributed by atoms with Crippen LogP contribution in [-0.4, -0.2) is 21.6 Å². The molecule has 0 aliphatic heterocycles. The van der Waals surface area contributed by atoms with E-state index < -0.39 is 0 Å². The van der Waals surface area contributed by atoms with Gasteiger partial charge in [-0.1, -0.05) is 0 Å². The average molecular weight is 195 g/mol. The quantitative estimate of drug-likeness (QED) is 0.584. The lowest BCUT2D eigenvalue weighted by atomic mass is 10.5. The maximum absolute atomic E-state index is 5.73. The van der Waals surface area contributed by atoms with E-state index in [0.29, 0.717) is 22.2 Å². The zero-order valence-corrected chi connectivity index (χ0v) is 7.92. The molecule has 0 fully saturated rings. The van der Waals surface area contributed by atoms with Crippen LogP contribution in [0.15, 0.2) is 17.2 Å². The number of hydrogen-bond acceptors (Lipinski definition) is 5. The Morgan fingerprint density at radius 2 is 2.38 bits per heavy atom. The highest BCUT2D eigenvalue weighted by molar-refractivity contribution is 7.80. The van der Waals surface area contributed by atoms with Crippen molar-refractivity contribution < 1.29 is 0 Å². The molecule has 0 aromatic carbocycles. The molecule has 68 valence electrons. The summed E-state index contributed by atoms with van der Waals surface area (Å²) in [5.41, 5.74) is 6.39. The number of nitrogens with one attached hydrogen (secondary N) is 1. The van der Waals surface area contributed by atoms with Crippen LogP contribution in [0.1, 0.15) is 0 Å². The first-order valence-electron chi connectivity index (χ1n) is 3.73. The van der Waals surface area contributed by atoms with Gasteiger partial charge in [-0.15, -0.1) is 12.6 Å². The first kappa shape index (κ1) is 8.18. The lowest BCUT2D eigenvalue weighted by Gasteiger charge is -2.02. The van der Waals surface area contributed by atoms with Crippen LogP contribution in [0.2, 0.25) is 0 Å². The third-order valence-corrected chi connectivity index (χ3v) is 2.05. The Morgan fingerprint density at radius 3 is 3.08 bits per heavy atom. The van der Waals surface area contributed by atoms with Gasteiger partial charge in [0.25, 0.3) is 0 Å². The third kappa shape index (κ3) is 1.19. The highest BCUT2D eigenvalue weighted by Gasteiger charge is 2.05. The minimum absolute atomic E-state index is 0.537. The Morgan fingerprint density at radius 1 is 1.62 bits per heavy atom. The highest BCUT2D eigenvalue weighted by atomic mass is 32.1. The van der Waals surface area contributed by atoms with E-state index in [-0.39, 0.29) is 0 Å². The molecule has 0 amide bonds. The van der Waals surface area contributed by atoms with E-state index in [1.807, 2.05) is 0 Å². The number of hydrogen-bond donors (Lipinski definition) is 3. The lowest BCUT2D eigenvalue weighted by molar-refractivity contribution is 0.953. The number of nitrogen functional groups attached to an aromatic ring is 1. The van der Waals surface area contributed by atoms with E-state index in [0.717, 1.165) is 0 Å². The number of thiol groups is 1. The van der Waals surface area contributed by atoms with E-state index in [1.54, 1.807) is 23.8 Å². The van der Waals surface area contributed by atoms with E-state index in [4.69, 9.17) is 5.73 Å². The Hall–Kier alpha value is -1.43. The smallest absolute Gasteiger partial charge is 0.172 e. The van der Waals surface area contributed by atoms with Gasteiger partial charge in [0.1, 0.15) is 11.6 Å². The van der Waals surface area contributed by atoms with Crippen LogP contribution in [0.3, 0.4) is 0 Å². The summed E-state index contributed by atoms with van der Waals surface area (Å²) in [6.45, 7) is 0. The number of fused-ring (bicyclic) bond motifs is 1. The zero-order valence-electron chi connectivity index (χ0n) is 7.02. The number of nitrogens with zero attached hydrogens (tertiary/aromatic N) is 3. The van der Waals surface area contributed by atoms with E-state index in [9.17, 15) is 0 Å². The summed E-state index contributed by atoms with van der Waals surface area (Å²) in [4.78, 5) is 4.96. The van der Waals surface area contributed by atoms with Crippen LogP contribution in [0.5, 0.6) is 0 Å². The summed E-state index contributed by atoms with van der Waals surface area (Å²) in [7, 11) is 1.78. The molecule has 6 heteroatoms. The van der Waals surface area contributed by atoms with Gasteiger partial charge in [0.2, 0.25) is 0 Å². The van der Waals surface area contributed by atoms with Crippen LogP contribution in [0.4, 0.5) is 11.6 Å². The minimum Gasteiger partial charge on any atom is -0.383 e. The molecule has 0 spiro atoms. The van der Waals surface area contributed by atoms with Crippen LogP contribution >= 0.6 is 12.6 Å². The molecule has 2 aromatic rings. The SMILES string of the molecule is CNc1cc(N)n2ncc(S)c2n1. The van der Waals surface area contributed by atoms with Crippen molar-refractivity contribution in [3.05, 3.63) is 12.3 Å². The largest absolute Gasteiger partial charge is 0.383 e. The summed E-state index contributed by atoms with van der Waals surface area (Å²) in [5, 5.41) is 6.93. The molecule has 5 nitrogen and oxygen atoms in total. The molecule has 2 rings (SSSR count). The van der Waals surface area contributed by atoms with Gasteiger partial charge in [-0.2, -0.15) is 9.61 Å². The Balaban J connectivity index is 2.80. The van der Waals surface area contributed by atoms with Crippen LogP contribution < -0.4 is 11.1 Å². The second-order valence-corrected chi connectivity index (χ2v) is 3.06. The standard InChI is InChI=1S/C7H9N5S/c1-9-6-2-5(8)12-7(11-6)4(13)3-10-12/h2-3,13H,8H2,1H3,(H,9,11). The monoisotopic (exact) mass is 195 g/mol. The first-order chi connectivity index (χ1) is 6.22. The number of rotatable bonds is 1. The van der Waals surface area contributed by atoms with Crippen molar-refractivity contribution >= 4 is 29.9 Å². The highest BCUT2D eigenvalue weighted by Crippen LogP contribution is 2.18. The fraction of sp³-hybridized carbons (Fsp3) is 0.143. The predicted octanol–water partition coefficient (Wildman–Crippen LogP) is 0.642. The molecule has 0 atom stereocenters. The average Bonchev–Trinajstić information content (AvgIpc) is 2.48. The molecule has 0 aliphatic carbocycles. The number of aromatic nitrogens is 3. The van der Waals surface area contributed by atoms with Crippen molar-refractivity contribution in [3.8, 4) is 0 Å². The summed E-state index contributed by atoms with van der Waals surface area (Å²) in [5.74, 6) is 1.25. The fourth-order valence-corrected chi connectivity index (χ4v) is 1.30. The molecular weight excluding hydrogens is 186 g/mol. The molecule has 0 radical (unpaired) electrons. The van der Waals surface area contributed by atoms with Gasteiger partial charge in [0.15, 0.2) is 5.65 Å². The Bertz CT molecular complexity index is 449. The van der Waals surface area contributed by atoms with Crippen LogP contribution in [0, 0.1) is 0 Å². The molecule has 0 saturated heterocycles. The van der Waals surface area contributed by atoms with Gasteiger partial charge >= 0.3 is 0 Å². The predicted molar refractivity (Wildman–Crippen MR) is 54.2 cm³/mol. The van der Waals surface area contributed by atoms with Gasteiger partial charge in [0.05, 0.1) is 11.1 Å². The molecule has 2 heterocycles. The minimum atomic E-state index is 0.537. The molecular formula is C7H9N5S. The van der Waals surface area contributed by atoms with Crippen molar-refractivity contribution in [2.24, 2.45) is 0 Å². The second-order valence-electron chi connectivity index (χ2n) is 2.58. The normalized spacial score (nSPS) is 10.6. The zero-order chi connectivity index (χ0) is 9.42. The van der Waals surface area contributed by atoms with Crippen molar-refractivity contribution in [2.45, 2.75) is 4.90 Å². The van der Waals surface area contributed by atoms with E-state index in [2.05, 4.69) is 28.0 Å². The molecule has 2 aromatic heterocycles. The van der Waals surface area contributed by atoms with Crippen molar-refractivity contribution in [3.63, 3.8) is 0 Å². The molecule has 0 unspecified atom stereocenters. The van der Waals surface area contributed by atoms with Gasteiger partial charge in [0, 0.05) is 13.1 Å². The summed E-state index contributed by atoms with van der Waals surface area (Å²) in [6, 6.07) is 1.72.